The first kappa shape index (κ1) is 23.0. The zero-order chi connectivity index (χ0) is 25.6. The maximum Gasteiger partial charge on any atom is 0.266 e. The van der Waals surface area contributed by atoms with Gasteiger partial charge in [0.05, 0.1) is 45.3 Å². The molecule has 0 aliphatic carbocycles. The molecule has 0 atom stereocenters. The van der Waals surface area contributed by atoms with Gasteiger partial charge in [0.25, 0.3) is 11.8 Å². The van der Waals surface area contributed by atoms with Crippen LogP contribution in [0.2, 0.25) is 0 Å². The summed E-state index contributed by atoms with van der Waals surface area (Å²) in [5, 5.41) is 0.486. The van der Waals surface area contributed by atoms with E-state index >= 15 is 0 Å². The Morgan fingerprint density at radius 1 is 0.778 bits per heavy atom. The molecule has 3 aromatic carbocycles. The number of hydrogen-bond donors (Lipinski definition) is 1. The van der Waals surface area contributed by atoms with Crippen LogP contribution in [0.1, 0.15) is 36.8 Å². The Morgan fingerprint density at radius 2 is 1.39 bits per heavy atom. The molecular weight excluding hydrogens is 464 g/mol. The number of carbonyl (C=O) groups is 3. The molecule has 36 heavy (non-hydrogen) atoms. The molecule has 2 amide bonds. The highest BCUT2D eigenvalue weighted by atomic mass is 16.5. The predicted octanol–water partition coefficient (Wildman–Crippen LogP) is 4.23. The van der Waals surface area contributed by atoms with Crippen molar-refractivity contribution in [1.82, 2.24) is 4.98 Å². The van der Waals surface area contributed by atoms with E-state index < -0.39 is 17.6 Å². The molecule has 1 aliphatic rings. The van der Waals surface area contributed by atoms with Crippen LogP contribution >= 0.6 is 0 Å². The van der Waals surface area contributed by atoms with E-state index in [1.165, 1.54) is 40.6 Å². The highest BCUT2D eigenvalue weighted by Gasteiger charge is 2.40. The third kappa shape index (κ3) is 3.36. The normalized spacial score (nSPS) is 12.6. The van der Waals surface area contributed by atoms with Crippen LogP contribution in [0.4, 0.5) is 5.69 Å². The van der Waals surface area contributed by atoms with Gasteiger partial charge in [0.1, 0.15) is 11.4 Å². The van der Waals surface area contributed by atoms with E-state index in [-0.39, 0.29) is 28.1 Å². The Labute approximate surface area is 206 Å². The fourth-order valence-corrected chi connectivity index (χ4v) is 4.43. The van der Waals surface area contributed by atoms with Crippen LogP contribution in [0, 0.1) is 0 Å². The van der Waals surface area contributed by atoms with Crippen LogP contribution in [0.25, 0.3) is 10.9 Å². The summed E-state index contributed by atoms with van der Waals surface area (Å²) in [4.78, 5) is 44.8. The minimum atomic E-state index is -0.515. The summed E-state index contributed by atoms with van der Waals surface area (Å²) in [6.07, 6.45) is 0. The summed E-state index contributed by atoms with van der Waals surface area (Å²) < 4.78 is 21.5. The molecule has 0 saturated heterocycles. The van der Waals surface area contributed by atoms with Crippen molar-refractivity contribution in [3.05, 3.63) is 77.0 Å². The molecule has 9 heteroatoms. The molecule has 0 spiro atoms. The molecule has 182 valence electrons. The molecule has 0 unspecified atom stereocenters. The molecule has 0 bridgehead atoms. The Kier molecular flexibility index (Phi) is 5.60. The maximum absolute atomic E-state index is 13.9. The summed E-state index contributed by atoms with van der Waals surface area (Å²) in [5.41, 5.74) is 1.51. The van der Waals surface area contributed by atoms with E-state index in [1.807, 2.05) is 0 Å². The number of rotatable bonds is 7. The van der Waals surface area contributed by atoms with Gasteiger partial charge < -0.3 is 23.9 Å². The van der Waals surface area contributed by atoms with Gasteiger partial charge in [0.15, 0.2) is 11.5 Å². The molecule has 1 aliphatic heterocycles. The number of aromatic amines is 1. The smallest absolute Gasteiger partial charge is 0.266 e. The average Bonchev–Trinajstić information content (AvgIpc) is 3.40. The van der Waals surface area contributed by atoms with E-state index in [9.17, 15) is 14.4 Å². The van der Waals surface area contributed by atoms with Crippen molar-refractivity contribution in [2.45, 2.75) is 0 Å². The van der Waals surface area contributed by atoms with Crippen molar-refractivity contribution in [3.8, 4) is 23.0 Å². The summed E-state index contributed by atoms with van der Waals surface area (Å²) in [6, 6.07) is 14.7. The largest absolute Gasteiger partial charge is 0.497 e. The van der Waals surface area contributed by atoms with E-state index in [1.54, 1.807) is 42.5 Å². The fourth-order valence-electron chi connectivity index (χ4n) is 4.43. The molecule has 1 aromatic heterocycles. The number of nitrogens with zero attached hydrogens (tertiary/aromatic N) is 1. The van der Waals surface area contributed by atoms with Gasteiger partial charge in [-0.2, -0.15) is 0 Å². The zero-order valence-corrected chi connectivity index (χ0v) is 20.0. The summed E-state index contributed by atoms with van der Waals surface area (Å²) in [7, 11) is 5.88. The number of carbonyl (C=O) groups excluding carboxylic acids is 3. The number of amides is 2. The van der Waals surface area contributed by atoms with Crippen molar-refractivity contribution >= 4 is 34.2 Å². The van der Waals surface area contributed by atoms with E-state index in [2.05, 4.69) is 4.98 Å². The van der Waals surface area contributed by atoms with E-state index in [0.29, 0.717) is 33.9 Å². The molecular formula is C27H22N2O7. The third-order valence-electron chi connectivity index (χ3n) is 6.15. The van der Waals surface area contributed by atoms with E-state index in [0.717, 1.165) is 4.90 Å². The second-order valence-electron chi connectivity index (χ2n) is 7.99. The Balaban J connectivity index is 1.74. The van der Waals surface area contributed by atoms with Crippen LogP contribution in [0.3, 0.4) is 0 Å². The molecule has 0 radical (unpaired) electrons. The monoisotopic (exact) mass is 486 g/mol. The van der Waals surface area contributed by atoms with Crippen molar-refractivity contribution < 1.29 is 33.3 Å². The second kappa shape index (κ2) is 8.77. The van der Waals surface area contributed by atoms with Crippen LogP contribution < -0.4 is 23.8 Å². The summed E-state index contributed by atoms with van der Waals surface area (Å²) in [6.45, 7) is 0. The van der Waals surface area contributed by atoms with Crippen LogP contribution in [0.15, 0.2) is 54.6 Å². The van der Waals surface area contributed by atoms with Gasteiger partial charge in [-0.15, -0.1) is 0 Å². The van der Waals surface area contributed by atoms with Gasteiger partial charge in [-0.3, -0.25) is 14.4 Å². The van der Waals surface area contributed by atoms with Crippen molar-refractivity contribution in [3.63, 3.8) is 0 Å². The Hall–Kier alpha value is -4.79. The summed E-state index contributed by atoms with van der Waals surface area (Å²) >= 11 is 0. The summed E-state index contributed by atoms with van der Waals surface area (Å²) in [5.74, 6) is -0.0855. The van der Waals surface area contributed by atoms with Crippen molar-refractivity contribution in [2.75, 3.05) is 33.3 Å². The second-order valence-corrected chi connectivity index (χ2v) is 7.99. The average molecular weight is 486 g/mol. The quantitative estimate of drug-likeness (QED) is 0.308. The Morgan fingerprint density at radius 3 is 1.92 bits per heavy atom. The lowest BCUT2D eigenvalue weighted by Gasteiger charge is -2.17. The maximum atomic E-state index is 13.9. The van der Waals surface area contributed by atoms with Crippen LogP contribution in [-0.4, -0.2) is 51.0 Å². The predicted molar refractivity (Wildman–Crippen MR) is 132 cm³/mol. The number of anilines is 1. The SMILES string of the molecule is COc1ccc2[nH]c(C(=O)c3cc(OC)c(OC)c(OC)c3)c(N3C(=O)c4ccccc4C3=O)c2c1. The van der Waals surface area contributed by atoms with Crippen molar-refractivity contribution in [2.24, 2.45) is 0 Å². The van der Waals surface area contributed by atoms with Crippen LogP contribution in [-0.2, 0) is 0 Å². The molecule has 1 N–H and O–H groups in total. The lowest BCUT2D eigenvalue weighted by molar-refractivity contribution is 0.0926. The number of ether oxygens (including phenoxy) is 4. The molecule has 9 nitrogen and oxygen atoms in total. The number of benzene rings is 3. The number of methoxy groups -OCH3 is 4. The van der Waals surface area contributed by atoms with Gasteiger partial charge in [-0.1, -0.05) is 12.1 Å². The van der Waals surface area contributed by atoms with Gasteiger partial charge in [-0.05, 0) is 42.5 Å². The highest BCUT2D eigenvalue weighted by Crippen LogP contribution is 2.42. The van der Waals surface area contributed by atoms with Crippen molar-refractivity contribution in [1.29, 1.82) is 0 Å². The molecule has 0 saturated carbocycles. The van der Waals surface area contributed by atoms with Gasteiger partial charge in [0.2, 0.25) is 11.5 Å². The molecule has 2 heterocycles. The molecule has 0 fully saturated rings. The third-order valence-corrected chi connectivity index (χ3v) is 6.15. The minimum absolute atomic E-state index is 0.0574. The number of H-pyrrole nitrogens is 1. The molecule has 4 aromatic rings. The number of imide groups is 1. The first-order chi connectivity index (χ1) is 17.4. The number of nitrogens with one attached hydrogen (secondary N) is 1. The standard InChI is InChI=1S/C27H22N2O7/c1-33-15-9-10-19-18(13-15)23(29-26(31)16-7-5-6-8-17(16)27(29)32)22(28-19)24(30)14-11-20(34-2)25(36-4)21(12-14)35-3/h5-13,28H,1-4H3. The number of ketones is 1. The number of aromatic nitrogens is 1. The molecule has 5 rings (SSSR count). The zero-order valence-electron chi connectivity index (χ0n) is 20.0. The first-order valence-corrected chi connectivity index (χ1v) is 11.0. The van der Waals surface area contributed by atoms with Gasteiger partial charge in [0, 0.05) is 16.5 Å². The highest BCUT2D eigenvalue weighted by molar-refractivity contribution is 6.37. The number of fused-ring (bicyclic) bond motifs is 2. The lowest BCUT2D eigenvalue weighted by Crippen LogP contribution is -2.30. The van der Waals surface area contributed by atoms with Crippen LogP contribution in [0.5, 0.6) is 23.0 Å². The number of hydrogen-bond acceptors (Lipinski definition) is 7. The lowest BCUT2D eigenvalue weighted by atomic mass is 10.0. The van der Waals surface area contributed by atoms with E-state index in [4.69, 9.17) is 18.9 Å². The van der Waals surface area contributed by atoms with Gasteiger partial charge in [-0.25, -0.2) is 4.90 Å². The minimum Gasteiger partial charge on any atom is -0.497 e. The van der Waals surface area contributed by atoms with Gasteiger partial charge >= 0.3 is 0 Å². The topological polar surface area (TPSA) is 107 Å². The first-order valence-electron chi connectivity index (χ1n) is 11.0. The fraction of sp³-hybridized carbons (Fsp3) is 0.148. The Bertz CT molecular complexity index is 1490.